The molecule has 1 N–H and O–H groups in total. The molecule has 1 unspecified atom stereocenters. The van der Waals surface area contributed by atoms with Gasteiger partial charge in [0.05, 0.1) is 4.75 Å². The molecule has 0 aliphatic rings. The van der Waals surface area contributed by atoms with Crippen LogP contribution in [0.25, 0.3) is 0 Å². The number of anilines is 1. The van der Waals surface area contributed by atoms with Crippen LogP contribution >= 0.6 is 0 Å². The van der Waals surface area contributed by atoms with Gasteiger partial charge in [-0.3, -0.25) is 0 Å². The minimum Gasteiger partial charge on any atom is -0.304 e. The highest BCUT2D eigenvalue weighted by atomic mass is 32.2. The van der Waals surface area contributed by atoms with E-state index in [1.54, 1.807) is 0 Å². The van der Waals surface area contributed by atoms with Gasteiger partial charge >= 0.3 is 0 Å². The van der Waals surface area contributed by atoms with E-state index < -0.39 is 11.0 Å². The number of hydrogen-bond acceptors (Lipinski definition) is 1. The molecule has 1 rings (SSSR count). The van der Waals surface area contributed by atoms with Crippen molar-refractivity contribution >= 4 is 16.7 Å². The molecule has 2 nitrogen and oxygen atoms in total. The highest BCUT2D eigenvalue weighted by Crippen LogP contribution is 2.18. The van der Waals surface area contributed by atoms with Gasteiger partial charge in [-0.25, -0.2) is 4.21 Å². The first-order valence-electron chi connectivity index (χ1n) is 4.65. The Labute approximate surface area is 88.3 Å². The van der Waals surface area contributed by atoms with Crippen LogP contribution in [-0.4, -0.2) is 8.96 Å². The summed E-state index contributed by atoms with van der Waals surface area (Å²) in [6.45, 7) is 7.86. The average Bonchev–Trinajstić information content (AvgIpc) is 2.07. The molecular weight excluding hydrogens is 194 g/mol. The quantitative estimate of drug-likeness (QED) is 0.800. The number of para-hydroxylation sites is 1. The lowest BCUT2D eigenvalue weighted by Gasteiger charge is -2.19. The van der Waals surface area contributed by atoms with Crippen molar-refractivity contribution in [2.75, 3.05) is 4.72 Å². The molecule has 1 aromatic rings. The van der Waals surface area contributed by atoms with Crippen molar-refractivity contribution in [3.05, 3.63) is 29.8 Å². The normalized spacial score (nSPS) is 13.7. The molecule has 0 heterocycles. The first-order valence-corrected chi connectivity index (χ1v) is 5.80. The van der Waals surface area contributed by atoms with Crippen LogP contribution in [0.5, 0.6) is 0 Å². The second-order valence-electron chi connectivity index (χ2n) is 4.30. The highest BCUT2D eigenvalue weighted by molar-refractivity contribution is 7.87. The Bertz CT molecular complexity index is 341. The third-order valence-electron chi connectivity index (χ3n) is 1.90. The van der Waals surface area contributed by atoms with E-state index in [2.05, 4.69) is 4.72 Å². The minimum atomic E-state index is -1.05. The minimum absolute atomic E-state index is 0.234. The summed E-state index contributed by atoms with van der Waals surface area (Å²) in [6, 6.07) is 7.86. The SMILES string of the molecule is Cc1ccccc1NS(=O)C(C)(C)C. The van der Waals surface area contributed by atoms with Crippen molar-refractivity contribution in [3.8, 4) is 0 Å². The zero-order valence-electron chi connectivity index (χ0n) is 9.13. The fourth-order valence-corrected chi connectivity index (χ4v) is 1.68. The number of nitrogens with one attached hydrogen (secondary N) is 1. The van der Waals surface area contributed by atoms with Gasteiger partial charge in [-0.15, -0.1) is 0 Å². The number of rotatable bonds is 2. The van der Waals surface area contributed by atoms with Crippen molar-refractivity contribution in [3.63, 3.8) is 0 Å². The van der Waals surface area contributed by atoms with Crippen LogP contribution in [0.3, 0.4) is 0 Å². The number of hydrogen-bond donors (Lipinski definition) is 1. The summed E-state index contributed by atoms with van der Waals surface area (Å²) in [5.74, 6) is 0. The van der Waals surface area contributed by atoms with Gasteiger partial charge in [0, 0.05) is 5.69 Å². The van der Waals surface area contributed by atoms with Crippen LogP contribution in [0.4, 0.5) is 5.69 Å². The topological polar surface area (TPSA) is 29.1 Å². The van der Waals surface area contributed by atoms with Crippen LogP contribution in [0.2, 0.25) is 0 Å². The smallest absolute Gasteiger partial charge is 0.122 e. The molecule has 3 heteroatoms. The highest BCUT2D eigenvalue weighted by Gasteiger charge is 2.19. The lowest BCUT2D eigenvalue weighted by molar-refractivity contribution is 0.653. The summed E-state index contributed by atoms with van der Waals surface area (Å²) in [4.78, 5) is 0. The van der Waals surface area contributed by atoms with Crippen LogP contribution < -0.4 is 4.72 Å². The Morgan fingerprint density at radius 1 is 1.21 bits per heavy atom. The van der Waals surface area contributed by atoms with E-state index in [0.717, 1.165) is 11.3 Å². The molecule has 0 spiro atoms. The standard InChI is InChI=1S/C11H17NOS/c1-9-7-5-6-8-10(9)12-14(13)11(2,3)4/h5-8,12H,1-4H3. The van der Waals surface area contributed by atoms with Gasteiger partial charge in [0.25, 0.3) is 0 Å². The van der Waals surface area contributed by atoms with Gasteiger partial charge in [-0.2, -0.15) is 0 Å². The van der Waals surface area contributed by atoms with Gasteiger partial charge < -0.3 is 4.72 Å². The molecule has 0 radical (unpaired) electrons. The van der Waals surface area contributed by atoms with Crippen LogP contribution in [-0.2, 0) is 11.0 Å². The van der Waals surface area contributed by atoms with Crippen molar-refractivity contribution in [1.82, 2.24) is 0 Å². The first kappa shape index (κ1) is 11.2. The van der Waals surface area contributed by atoms with Crippen LogP contribution in [0.1, 0.15) is 26.3 Å². The summed E-state index contributed by atoms with van der Waals surface area (Å²) in [6.07, 6.45) is 0. The van der Waals surface area contributed by atoms with Gasteiger partial charge in [-0.05, 0) is 39.3 Å². The van der Waals surface area contributed by atoms with Crippen molar-refractivity contribution in [1.29, 1.82) is 0 Å². The van der Waals surface area contributed by atoms with E-state index in [1.165, 1.54) is 0 Å². The van der Waals surface area contributed by atoms with E-state index in [-0.39, 0.29) is 4.75 Å². The molecule has 0 bridgehead atoms. The molecule has 0 fully saturated rings. The molecule has 14 heavy (non-hydrogen) atoms. The lowest BCUT2D eigenvalue weighted by atomic mass is 10.2. The van der Waals surface area contributed by atoms with Crippen molar-refractivity contribution in [2.24, 2.45) is 0 Å². The molecule has 0 saturated carbocycles. The number of aryl methyl sites for hydroxylation is 1. The van der Waals surface area contributed by atoms with Crippen LogP contribution in [0.15, 0.2) is 24.3 Å². The second-order valence-corrected chi connectivity index (χ2v) is 6.26. The zero-order chi connectivity index (χ0) is 10.8. The molecular formula is C11H17NOS. The Balaban J connectivity index is 2.80. The Morgan fingerprint density at radius 2 is 1.79 bits per heavy atom. The van der Waals surface area contributed by atoms with E-state index >= 15 is 0 Å². The summed E-state index contributed by atoms with van der Waals surface area (Å²) in [5, 5.41) is 0. The molecule has 0 amide bonds. The van der Waals surface area contributed by atoms with E-state index in [1.807, 2.05) is 52.0 Å². The first-order chi connectivity index (χ1) is 6.41. The Kier molecular flexibility index (Phi) is 3.32. The summed E-state index contributed by atoms with van der Waals surface area (Å²) < 4.78 is 14.6. The fraction of sp³-hybridized carbons (Fsp3) is 0.455. The van der Waals surface area contributed by atoms with E-state index in [4.69, 9.17) is 0 Å². The largest absolute Gasteiger partial charge is 0.304 e. The molecule has 0 aliphatic heterocycles. The second kappa shape index (κ2) is 4.13. The third-order valence-corrected chi connectivity index (χ3v) is 3.42. The molecule has 1 atom stereocenters. The molecule has 78 valence electrons. The third kappa shape index (κ3) is 2.84. The molecule has 1 aromatic carbocycles. The average molecular weight is 211 g/mol. The monoisotopic (exact) mass is 211 g/mol. The predicted octanol–water partition coefficient (Wildman–Crippen LogP) is 2.87. The lowest BCUT2D eigenvalue weighted by Crippen LogP contribution is -2.27. The van der Waals surface area contributed by atoms with Crippen molar-refractivity contribution in [2.45, 2.75) is 32.4 Å². The molecule has 0 saturated heterocycles. The van der Waals surface area contributed by atoms with Gasteiger partial charge in [0.2, 0.25) is 0 Å². The maximum Gasteiger partial charge on any atom is 0.122 e. The van der Waals surface area contributed by atoms with Gasteiger partial charge in [-0.1, -0.05) is 18.2 Å². The predicted molar refractivity (Wildman–Crippen MR) is 62.7 cm³/mol. The maximum atomic E-state index is 11.8. The summed E-state index contributed by atoms with van der Waals surface area (Å²) in [7, 11) is -1.05. The van der Waals surface area contributed by atoms with E-state index in [0.29, 0.717) is 0 Å². The summed E-state index contributed by atoms with van der Waals surface area (Å²) >= 11 is 0. The van der Waals surface area contributed by atoms with Crippen molar-refractivity contribution < 1.29 is 4.21 Å². The maximum absolute atomic E-state index is 11.8. The van der Waals surface area contributed by atoms with Gasteiger partial charge in [0.1, 0.15) is 11.0 Å². The Morgan fingerprint density at radius 3 is 2.29 bits per heavy atom. The molecule has 0 aliphatic carbocycles. The zero-order valence-corrected chi connectivity index (χ0v) is 9.94. The van der Waals surface area contributed by atoms with Crippen LogP contribution in [0, 0.1) is 6.92 Å². The Hall–Kier alpha value is -0.830. The number of benzene rings is 1. The van der Waals surface area contributed by atoms with E-state index in [9.17, 15) is 4.21 Å². The fourth-order valence-electron chi connectivity index (χ4n) is 0.940. The molecule has 0 aromatic heterocycles. The summed E-state index contributed by atoms with van der Waals surface area (Å²) in [5.41, 5.74) is 2.06. The van der Waals surface area contributed by atoms with Gasteiger partial charge in [0.15, 0.2) is 0 Å².